The second-order valence-electron chi connectivity index (χ2n) is 14.0. The van der Waals surface area contributed by atoms with Crippen LogP contribution in [0.2, 0.25) is 0 Å². The lowest BCUT2D eigenvalue weighted by atomic mass is 9.58. The zero-order chi connectivity index (χ0) is 34.9. The van der Waals surface area contributed by atoms with Gasteiger partial charge in [-0.3, -0.25) is 0 Å². The van der Waals surface area contributed by atoms with Crippen LogP contribution in [0, 0.1) is 0 Å². The highest BCUT2D eigenvalue weighted by atomic mass is 16.5. The first-order valence-corrected chi connectivity index (χ1v) is 18.3. The summed E-state index contributed by atoms with van der Waals surface area (Å²) in [6, 6.07) is 72.6. The Labute approximate surface area is 308 Å². The Morgan fingerprint density at radius 3 is 1.87 bits per heavy atom. The largest absolute Gasteiger partial charge is 0.457 e. The Morgan fingerprint density at radius 1 is 0.377 bits per heavy atom. The Hall–Kier alpha value is -6.90. The lowest BCUT2D eigenvalue weighted by Gasteiger charge is -2.45. The quantitative estimate of drug-likeness (QED) is 0.184. The lowest BCUT2D eigenvalue weighted by Crippen LogP contribution is -2.36. The number of para-hydroxylation sites is 2. The van der Waals surface area contributed by atoms with E-state index in [0.29, 0.717) is 0 Å². The van der Waals surface area contributed by atoms with E-state index in [1.54, 1.807) is 0 Å². The van der Waals surface area contributed by atoms with Gasteiger partial charge < -0.3 is 9.64 Å². The van der Waals surface area contributed by atoms with Gasteiger partial charge in [0.15, 0.2) is 0 Å². The van der Waals surface area contributed by atoms with E-state index in [1.807, 2.05) is 0 Å². The molecule has 0 saturated heterocycles. The highest BCUT2D eigenvalue weighted by molar-refractivity contribution is 6.07. The van der Waals surface area contributed by atoms with Gasteiger partial charge in [0, 0.05) is 27.9 Å². The lowest BCUT2D eigenvalue weighted by molar-refractivity contribution is 0.435. The average molecular weight is 676 g/mol. The third-order valence-electron chi connectivity index (χ3n) is 11.3. The van der Waals surface area contributed by atoms with E-state index in [1.165, 1.54) is 54.9 Å². The zero-order valence-electron chi connectivity index (χ0n) is 28.9. The third-order valence-corrected chi connectivity index (χ3v) is 11.3. The predicted molar refractivity (Wildman–Crippen MR) is 219 cm³/mol. The molecule has 0 aromatic heterocycles. The van der Waals surface area contributed by atoms with Crippen LogP contribution in [0.25, 0.3) is 43.8 Å². The number of rotatable bonds is 4. The van der Waals surface area contributed by atoms with Crippen LogP contribution in [0.1, 0.15) is 22.3 Å². The summed E-state index contributed by atoms with van der Waals surface area (Å²) in [5.74, 6) is 1.76. The number of benzene rings is 9. The minimum Gasteiger partial charge on any atom is -0.457 e. The number of nitrogens with zero attached hydrogens (tertiary/aromatic N) is 1. The molecule has 2 nitrogen and oxygen atoms in total. The molecule has 2 heteroatoms. The molecular formula is C51H33NO. The summed E-state index contributed by atoms with van der Waals surface area (Å²) in [5.41, 5.74) is 12.5. The van der Waals surface area contributed by atoms with Gasteiger partial charge in [-0.25, -0.2) is 0 Å². The van der Waals surface area contributed by atoms with Crippen LogP contribution in [-0.2, 0) is 5.41 Å². The minimum atomic E-state index is -0.619. The Kier molecular flexibility index (Phi) is 6.50. The summed E-state index contributed by atoms with van der Waals surface area (Å²) < 4.78 is 6.87. The first kappa shape index (κ1) is 29.8. The molecule has 0 amide bonds. The van der Waals surface area contributed by atoms with Crippen molar-refractivity contribution < 1.29 is 4.74 Å². The fourth-order valence-corrected chi connectivity index (χ4v) is 9.18. The molecule has 1 unspecified atom stereocenters. The number of fused-ring (bicyclic) bond motifs is 9. The van der Waals surface area contributed by atoms with Crippen LogP contribution in [0.4, 0.5) is 17.1 Å². The Morgan fingerprint density at radius 2 is 1.00 bits per heavy atom. The molecule has 0 saturated carbocycles. The molecule has 1 heterocycles. The van der Waals surface area contributed by atoms with Gasteiger partial charge in [-0.1, -0.05) is 158 Å². The standard InChI is InChI=1S/C51H33NO/c1-3-15-34(16-4-1)38-22-13-24-41-39(38)23-14-29-47(41)52(36-19-5-2-6-20-36)37-31-32-49-46(33-37)51(44-27-9-10-30-48(44)53-49)43-26-8-7-21-40(43)42-25-11-17-35-18-12-28-45(51)50(35)42/h1-33H. The number of hydrogen-bond donors (Lipinski definition) is 0. The Bertz CT molecular complexity index is 2870. The normalized spacial score (nSPS) is 15.0. The molecule has 1 aliphatic heterocycles. The van der Waals surface area contributed by atoms with Gasteiger partial charge >= 0.3 is 0 Å². The van der Waals surface area contributed by atoms with Gasteiger partial charge in [0.05, 0.1) is 11.1 Å². The van der Waals surface area contributed by atoms with E-state index in [9.17, 15) is 0 Å². The zero-order valence-corrected chi connectivity index (χ0v) is 28.9. The third kappa shape index (κ3) is 4.27. The number of ether oxygens (including phenoxy) is 1. The van der Waals surface area contributed by atoms with Crippen LogP contribution in [0.3, 0.4) is 0 Å². The molecule has 248 valence electrons. The van der Waals surface area contributed by atoms with Crippen LogP contribution in [-0.4, -0.2) is 0 Å². The molecule has 0 radical (unpaired) electrons. The smallest absolute Gasteiger partial charge is 0.132 e. The van der Waals surface area contributed by atoms with Crippen molar-refractivity contribution in [1.29, 1.82) is 0 Å². The van der Waals surface area contributed by atoms with Crippen molar-refractivity contribution in [2.75, 3.05) is 4.90 Å². The van der Waals surface area contributed by atoms with Gasteiger partial charge in [-0.2, -0.15) is 0 Å². The summed E-state index contributed by atoms with van der Waals surface area (Å²) >= 11 is 0. The van der Waals surface area contributed by atoms with Gasteiger partial charge in [-0.15, -0.1) is 0 Å². The maximum Gasteiger partial charge on any atom is 0.132 e. The molecule has 1 spiro atoms. The van der Waals surface area contributed by atoms with Crippen molar-refractivity contribution in [2.24, 2.45) is 0 Å². The van der Waals surface area contributed by atoms with E-state index < -0.39 is 5.41 Å². The monoisotopic (exact) mass is 675 g/mol. The van der Waals surface area contributed by atoms with E-state index in [-0.39, 0.29) is 0 Å². The summed E-state index contributed by atoms with van der Waals surface area (Å²) in [4.78, 5) is 2.41. The molecular weight excluding hydrogens is 643 g/mol. The molecule has 0 N–H and O–H groups in total. The number of hydrogen-bond acceptors (Lipinski definition) is 2. The molecule has 0 fully saturated rings. The fraction of sp³-hybridized carbons (Fsp3) is 0.0196. The maximum atomic E-state index is 6.87. The molecule has 0 bridgehead atoms. The first-order chi connectivity index (χ1) is 26.3. The molecule has 53 heavy (non-hydrogen) atoms. The topological polar surface area (TPSA) is 12.5 Å². The van der Waals surface area contributed by atoms with Crippen molar-refractivity contribution in [2.45, 2.75) is 5.41 Å². The summed E-state index contributed by atoms with van der Waals surface area (Å²) in [7, 11) is 0. The average Bonchev–Trinajstić information content (AvgIpc) is 3.23. The van der Waals surface area contributed by atoms with Gasteiger partial charge in [0.1, 0.15) is 11.5 Å². The summed E-state index contributed by atoms with van der Waals surface area (Å²) in [5, 5.41) is 4.94. The summed E-state index contributed by atoms with van der Waals surface area (Å²) in [6.07, 6.45) is 0. The van der Waals surface area contributed by atoms with Crippen LogP contribution >= 0.6 is 0 Å². The second-order valence-corrected chi connectivity index (χ2v) is 14.0. The van der Waals surface area contributed by atoms with Gasteiger partial charge in [0.25, 0.3) is 0 Å². The second kappa shape index (κ2) is 11.6. The van der Waals surface area contributed by atoms with Crippen LogP contribution in [0.5, 0.6) is 11.5 Å². The molecule has 11 rings (SSSR count). The van der Waals surface area contributed by atoms with E-state index in [2.05, 4.69) is 205 Å². The van der Waals surface area contributed by atoms with E-state index >= 15 is 0 Å². The maximum absolute atomic E-state index is 6.87. The molecule has 1 atom stereocenters. The van der Waals surface area contributed by atoms with Crippen LogP contribution in [0.15, 0.2) is 200 Å². The van der Waals surface area contributed by atoms with Crippen LogP contribution < -0.4 is 9.64 Å². The SMILES string of the molecule is c1ccc(-c2cccc3c(N(c4ccccc4)c4ccc5c(c4)C4(c6ccccc6O5)c5ccccc5-c5cccc6cccc4c56)cccc23)cc1. The minimum absolute atomic E-state index is 0.619. The van der Waals surface area contributed by atoms with E-state index in [0.717, 1.165) is 39.7 Å². The van der Waals surface area contributed by atoms with Crippen molar-refractivity contribution >= 4 is 38.6 Å². The number of anilines is 3. The molecule has 9 aromatic carbocycles. The predicted octanol–water partition coefficient (Wildman–Crippen LogP) is 13.6. The highest BCUT2D eigenvalue weighted by Crippen LogP contribution is 2.61. The van der Waals surface area contributed by atoms with E-state index in [4.69, 9.17) is 4.74 Å². The first-order valence-electron chi connectivity index (χ1n) is 18.3. The van der Waals surface area contributed by atoms with Gasteiger partial charge in [-0.05, 0) is 92.0 Å². The van der Waals surface area contributed by atoms with Crippen molar-refractivity contribution in [3.8, 4) is 33.8 Å². The van der Waals surface area contributed by atoms with Crippen molar-refractivity contribution in [3.63, 3.8) is 0 Å². The molecule has 9 aromatic rings. The Balaban J connectivity index is 1.22. The molecule has 1 aliphatic carbocycles. The fourth-order valence-electron chi connectivity index (χ4n) is 9.18. The summed E-state index contributed by atoms with van der Waals surface area (Å²) in [6.45, 7) is 0. The highest BCUT2D eigenvalue weighted by Gasteiger charge is 2.49. The molecule has 2 aliphatic rings. The van der Waals surface area contributed by atoms with Crippen molar-refractivity contribution in [1.82, 2.24) is 0 Å². The van der Waals surface area contributed by atoms with Crippen molar-refractivity contribution in [3.05, 3.63) is 222 Å². The van der Waals surface area contributed by atoms with Gasteiger partial charge in [0.2, 0.25) is 0 Å².